The predicted molar refractivity (Wildman–Crippen MR) is 123 cm³/mol. The number of carbonyl (C=O) groups is 2. The summed E-state index contributed by atoms with van der Waals surface area (Å²) in [6, 6.07) is 20.9. The first-order valence-electron chi connectivity index (χ1n) is 10.4. The van der Waals surface area contributed by atoms with Crippen LogP contribution in [0, 0.1) is 0 Å². The van der Waals surface area contributed by atoms with Gasteiger partial charge in [-0.15, -0.1) is 0 Å². The zero-order chi connectivity index (χ0) is 24.7. The van der Waals surface area contributed by atoms with Crippen molar-refractivity contribution in [2.24, 2.45) is 5.73 Å². The molecule has 1 unspecified atom stereocenters. The van der Waals surface area contributed by atoms with Crippen molar-refractivity contribution >= 4 is 23.2 Å². The lowest BCUT2D eigenvalue weighted by atomic mass is 10.2. The van der Waals surface area contributed by atoms with Crippen LogP contribution < -0.4 is 20.7 Å². The van der Waals surface area contributed by atoms with Crippen molar-refractivity contribution < 1.29 is 27.5 Å². The third-order valence-electron chi connectivity index (χ3n) is 4.91. The van der Waals surface area contributed by atoms with E-state index in [-0.39, 0.29) is 6.54 Å². The number of alkyl halides is 3. The summed E-state index contributed by atoms with van der Waals surface area (Å²) >= 11 is 0. The largest absolute Gasteiger partial charge is 0.480 e. The van der Waals surface area contributed by atoms with Gasteiger partial charge in [0, 0.05) is 17.9 Å². The second-order valence-corrected chi connectivity index (χ2v) is 7.60. The van der Waals surface area contributed by atoms with Crippen molar-refractivity contribution in [3.8, 4) is 5.75 Å². The van der Waals surface area contributed by atoms with E-state index in [1.807, 2.05) is 30.3 Å². The molecule has 178 valence electrons. The van der Waals surface area contributed by atoms with E-state index < -0.39 is 35.4 Å². The second-order valence-electron chi connectivity index (χ2n) is 7.60. The van der Waals surface area contributed by atoms with E-state index in [4.69, 9.17) is 10.5 Å². The van der Waals surface area contributed by atoms with Gasteiger partial charge in [-0.25, -0.2) is 0 Å². The van der Waals surface area contributed by atoms with Crippen molar-refractivity contribution in [2.75, 3.05) is 16.8 Å². The van der Waals surface area contributed by atoms with Crippen LogP contribution in [0.4, 0.5) is 24.5 Å². The highest BCUT2D eigenvalue weighted by atomic mass is 19.4. The summed E-state index contributed by atoms with van der Waals surface area (Å²) in [6.07, 6.45) is -5.80. The smallest absolute Gasteiger partial charge is 0.419 e. The molecular weight excluding hydrogens is 447 g/mol. The molecule has 0 radical (unpaired) electrons. The average molecular weight is 471 g/mol. The van der Waals surface area contributed by atoms with Gasteiger partial charge in [0.1, 0.15) is 5.75 Å². The van der Waals surface area contributed by atoms with E-state index >= 15 is 0 Å². The van der Waals surface area contributed by atoms with Crippen molar-refractivity contribution in [1.29, 1.82) is 0 Å². The number of ether oxygens (including phenoxy) is 1. The van der Waals surface area contributed by atoms with Gasteiger partial charge in [0.15, 0.2) is 6.10 Å². The number of benzene rings is 3. The lowest BCUT2D eigenvalue weighted by Gasteiger charge is -2.24. The highest BCUT2D eigenvalue weighted by Gasteiger charge is 2.34. The molecule has 0 spiro atoms. The zero-order valence-electron chi connectivity index (χ0n) is 18.4. The molecular formula is C25H24F3N3O3. The molecule has 6 nitrogen and oxygen atoms in total. The lowest BCUT2D eigenvalue weighted by Crippen LogP contribution is -2.33. The number of amides is 2. The Morgan fingerprint density at radius 1 is 1.00 bits per heavy atom. The number of hydrogen-bond donors (Lipinski definition) is 2. The molecule has 9 heteroatoms. The van der Waals surface area contributed by atoms with Crippen molar-refractivity contribution in [2.45, 2.75) is 25.7 Å². The maximum absolute atomic E-state index is 13.2. The molecule has 3 N–H and O–H groups in total. The summed E-state index contributed by atoms with van der Waals surface area (Å²) in [5.74, 6) is -1.57. The van der Waals surface area contributed by atoms with Crippen LogP contribution in [0.1, 0.15) is 18.1 Å². The fourth-order valence-electron chi connectivity index (χ4n) is 3.30. The van der Waals surface area contributed by atoms with Gasteiger partial charge in [0.05, 0.1) is 12.1 Å². The number of carbonyl (C=O) groups excluding carboxylic acids is 2. The van der Waals surface area contributed by atoms with Gasteiger partial charge in [0.25, 0.3) is 5.91 Å². The molecule has 0 fully saturated rings. The summed E-state index contributed by atoms with van der Waals surface area (Å²) in [6.45, 7) is 1.73. The normalized spacial score (nSPS) is 12.0. The molecule has 0 saturated heterocycles. The van der Waals surface area contributed by atoms with Crippen LogP contribution in [0.2, 0.25) is 0 Å². The van der Waals surface area contributed by atoms with Gasteiger partial charge in [-0.3, -0.25) is 9.59 Å². The third-order valence-corrected chi connectivity index (χ3v) is 4.91. The molecule has 3 aromatic carbocycles. The van der Waals surface area contributed by atoms with E-state index in [0.29, 0.717) is 17.9 Å². The van der Waals surface area contributed by atoms with Gasteiger partial charge in [-0.05, 0) is 42.8 Å². The van der Waals surface area contributed by atoms with Gasteiger partial charge in [-0.2, -0.15) is 13.2 Å². The number of nitrogens with zero attached hydrogens (tertiary/aromatic N) is 1. The Bertz CT molecular complexity index is 1140. The summed E-state index contributed by atoms with van der Waals surface area (Å²) in [5.41, 5.74) is 6.44. The van der Waals surface area contributed by atoms with Crippen molar-refractivity contribution in [3.05, 3.63) is 90.0 Å². The second kappa shape index (κ2) is 10.7. The molecule has 0 aromatic heterocycles. The number of nitrogens with two attached hydrogens (primary N) is 1. The van der Waals surface area contributed by atoms with E-state index in [1.54, 1.807) is 29.2 Å². The Labute approximate surface area is 195 Å². The van der Waals surface area contributed by atoms with Crippen LogP contribution >= 0.6 is 0 Å². The maximum atomic E-state index is 13.2. The van der Waals surface area contributed by atoms with Crippen LogP contribution in [0.5, 0.6) is 5.75 Å². The molecule has 0 aliphatic rings. The molecule has 1 atom stereocenters. The molecule has 2 amide bonds. The molecule has 0 heterocycles. The Balaban J connectivity index is 1.74. The highest BCUT2D eigenvalue weighted by molar-refractivity contribution is 5.94. The first-order valence-corrected chi connectivity index (χ1v) is 10.4. The van der Waals surface area contributed by atoms with E-state index in [1.165, 1.54) is 25.1 Å². The van der Waals surface area contributed by atoms with E-state index in [2.05, 4.69) is 5.32 Å². The number of halogens is 3. The minimum absolute atomic E-state index is 0.0416. The number of rotatable bonds is 9. The van der Waals surface area contributed by atoms with Crippen molar-refractivity contribution in [1.82, 2.24) is 0 Å². The SMILES string of the molecule is CC(Oc1ccccc1C(F)(F)F)C(=O)Nc1cccc(N(CC(N)=O)Cc2ccccc2)c1. The molecule has 34 heavy (non-hydrogen) atoms. The number of hydrogen-bond acceptors (Lipinski definition) is 4. The van der Waals surface area contributed by atoms with Gasteiger partial charge in [-0.1, -0.05) is 48.5 Å². The molecule has 0 saturated carbocycles. The summed E-state index contributed by atoms with van der Waals surface area (Å²) in [7, 11) is 0. The zero-order valence-corrected chi connectivity index (χ0v) is 18.4. The molecule has 0 aliphatic heterocycles. The molecule has 3 aromatic rings. The van der Waals surface area contributed by atoms with Crippen LogP contribution in [-0.2, 0) is 22.3 Å². The fraction of sp³-hybridized carbons (Fsp3) is 0.200. The molecule has 0 aliphatic carbocycles. The number of para-hydroxylation sites is 1. The first kappa shape index (κ1) is 24.6. The lowest BCUT2D eigenvalue weighted by molar-refractivity contribution is -0.140. The summed E-state index contributed by atoms with van der Waals surface area (Å²) in [5, 5.41) is 2.64. The monoisotopic (exact) mass is 471 g/mol. The Kier molecular flexibility index (Phi) is 7.78. The minimum Gasteiger partial charge on any atom is -0.480 e. The maximum Gasteiger partial charge on any atom is 0.419 e. The van der Waals surface area contributed by atoms with Gasteiger partial charge < -0.3 is 20.7 Å². The Hall–Kier alpha value is -4.01. The van der Waals surface area contributed by atoms with Gasteiger partial charge >= 0.3 is 6.18 Å². The predicted octanol–water partition coefficient (Wildman–Crippen LogP) is 4.60. The number of nitrogens with one attached hydrogen (secondary N) is 1. The Morgan fingerprint density at radius 3 is 2.35 bits per heavy atom. The van der Waals surface area contributed by atoms with Crippen LogP contribution in [0.25, 0.3) is 0 Å². The third kappa shape index (κ3) is 6.74. The van der Waals surface area contributed by atoms with Crippen LogP contribution in [-0.4, -0.2) is 24.5 Å². The number of anilines is 2. The van der Waals surface area contributed by atoms with Crippen molar-refractivity contribution in [3.63, 3.8) is 0 Å². The summed E-state index contributed by atoms with van der Waals surface area (Å²) < 4.78 is 44.9. The molecule has 3 rings (SSSR count). The molecule has 0 bridgehead atoms. The quantitative estimate of drug-likeness (QED) is 0.478. The van der Waals surface area contributed by atoms with Crippen LogP contribution in [0.3, 0.4) is 0 Å². The minimum atomic E-state index is -4.61. The highest BCUT2D eigenvalue weighted by Crippen LogP contribution is 2.36. The first-order chi connectivity index (χ1) is 16.1. The van der Waals surface area contributed by atoms with E-state index in [9.17, 15) is 22.8 Å². The fourth-order valence-corrected chi connectivity index (χ4v) is 3.30. The topological polar surface area (TPSA) is 84.7 Å². The van der Waals surface area contributed by atoms with Crippen LogP contribution in [0.15, 0.2) is 78.9 Å². The average Bonchev–Trinajstić information content (AvgIpc) is 2.79. The number of primary amides is 1. The van der Waals surface area contributed by atoms with E-state index in [0.717, 1.165) is 11.6 Å². The van der Waals surface area contributed by atoms with Gasteiger partial charge in [0.2, 0.25) is 5.91 Å². The standard InChI is InChI=1S/C25H24F3N3O3/c1-17(34-22-13-6-5-12-21(22)25(26,27)28)24(33)30-19-10-7-11-20(14-19)31(16-23(29)32)15-18-8-3-2-4-9-18/h2-14,17H,15-16H2,1H3,(H2,29,32)(H,30,33). The Morgan fingerprint density at radius 2 is 1.68 bits per heavy atom. The summed E-state index contributed by atoms with van der Waals surface area (Å²) in [4.78, 5) is 26.0.